The van der Waals surface area contributed by atoms with Crippen LogP contribution in [0.2, 0.25) is 0 Å². The van der Waals surface area contributed by atoms with E-state index in [9.17, 15) is 25.2 Å². The molecular weight excluding hydrogens is 332 g/mol. The number of likely N-dealkylation sites (tertiary alicyclic amines) is 1. The Morgan fingerprint density at radius 3 is 2.96 bits per heavy atom. The lowest BCUT2D eigenvalue weighted by Crippen LogP contribution is -2.66. The molecule has 0 bridgehead atoms. The first-order valence-corrected chi connectivity index (χ1v) is 7.95. The second-order valence-corrected chi connectivity index (χ2v) is 6.17. The molecule has 0 aliphatic carbocycles. The third-order valence-corrected chi connectivity index (χ3v) is 4.46. The summed E-state index contributed by atoms with van der Waals surface area (Å²) in [5, 5.41) is 40.6. The van der Waals surface area contributed by atoms with Crippen LogP contribution in [0.4, 0.5) is 0 Å². The van der Waals surface area contributed by atoms with E-state index in [1.165, 1.54) is 17.3 Å². The number of carbonyl (C=O) groups is 1. The fourth-order valence-electron chi connectivity index (χ4n) is 3.10. The first-order chi connectivity index (χ1) is 13.1. The van der Waals surface area contributed by atoms with Crippen LogP contribution in [-0.2, 0) is 9.53 Å². The van der Waals surface area contributed by atoms with Crippen molar-refractivity contribution in [2.24, 2.45) is 0 Å². The number of carbonyl (C=O) groups excluding carboxylic acids is 1. The van der Waals surface area contributed by atoms with Crippen molar-refractivity contribution >= 4 is 5.97 Å². The van der Waals surface area contributed by atoms with Crippen molar-refractivity contribution < 1.29 is 43.6 Å². The number of hydrogen-bond acceptors (Lipinski definition) is 8. The van der Waals surface area contributed by atoms with E-state index in [1.54, 1.807) is 12.1 Å². The number of pyridine rings is 1. The van der Waals surface area contributed by atoms with Gasteiger partial charge in [0, 0.05) is 26.5 Å². The minimum Gasteiger partial charge on any atom is -0.547 e. The smallest absolute Gasteiger partial charge is 0.299 e. The second kappa shape index (κ2) is 7.22. The van der Waals surface area contributed by atoms with Crippen LogP contribution in [0.15, 0.2) is 24.5 Å². The third-order valence-electron chi connectivity index (χ3n) is 4.46. The molecule has 1 aromatic rings. The zero-order chi connectivity index (χ0) is 20.6. The Balaban J connectivity index is 1.78. The van der Waals surface area contributed by atoms with Crippen LogP contribution in [0, 0.1) is 0 Å². The van der Waals surface area contributed by atoms with E-state index in [-0.39, 0.29) is 6.04 Å². The molecular formula is C16H22N2O7. The predicted molar refractivity (Wildman–Crippen MR) is 79.5 cm³/mol. The van der Waals surface area contributed by atoms with Crippen LogP contribution in [0.1, 0.15) is 28.6 Å². The fraction of sp³-hybridized carbons (Fsp3) is 0.625. The van der Waals surface area contributed by atoms with Gasteiger partial charge in [0.2, 0.25) is 12.4 Å². The summed E-state index contributed by atoms with van der Waals surface area (Å²) in [7, 11) is 0. The predicted octanol–water partition coefficient (Wildman–Crippen LogP) is -3.27. The molecule has 3 rings (SSSR count). The molecule has 0 spiro atoms. The van der Waals surface area contributed by atoms with E-state index in [4.69, 9.17) is 13.7 Å². The number of rotatable bonds is 4. The molecule has 9 heteroatoms. The quantitative estimate of drug-likeness (QED) is 0.479. The van der Waals surface area contributed by atoms with Crippen LogP contribution in [0.25, 0.3) is 0 Å². The molecule has 2 fully saturated rings. The molecule has 2 aliphatic heterocycles. The van der Waals surface area contributed by atoms with Crippen molar-refractivity contribution in [3.63, 3.8) is 0 Å². The highest BCUT2D eigenvalue weighted by atomic mass is 16.8. The Hall–Kier alpha value is -1.78. The van der Waals surface area contributed by atoms with Crippen LogP contribution >= 0.6 is 0 Å². The highest BCUT2D eigenvalue weighted by Gasteiger charge is 2.47. The Labute approximate surface area is 148 Å². The van der Waals surface area contributed by atoms with Crippen molar-refractivity contribution in [2.45, 2.75) is 49.6 Å². The summed E-state index contributed by atoms with van der Waals surface area (Å²) in [5.74, 6) is -1.76. The monoisotopic (exact) mass is 357 g/mol. The van der Waals surface area contributed by atoms with E-state index in [0.29, 0.717) is 18.5 Å². The normalized spacial score (nSPS) is 38.6. The van der Waals surface area contributed by atoms with E-state index in [1.807, 2.05) is 0 Å². The minimum atomic E-state index is -2.24. The standard InChI is InChI=1S/C16H22N2O7/c1-17-6-3-5-10(17)9-4-2-7-18(8-9)25-16-13(21)11(19)12(20)14(24-16)15(22)23/h2,4,7-8,10-14,16,19-21H,3,5-6H2,1H3/t10-,11+,12-,13?,14?,16-/m0/s1/i1D3. The van der Waals surface area contributed by atoms with Gasteiger partial charge in [0.1, 0.15) is 18.3 Å². The van der Waals surface area contributed by atoms with E-state index in [0.717, 1.165) is 11.2 Å². The van der Waals surface area contributed by atoms with Crippen LogP contribution in [0.3, 0.4) is 0 Å². The summed E-state index contributed by atoms with van der Waals surface area (Å²) < 4.78 is 29.1. The van der Waals surface area contributed by atoms with Crippen molar-refractivity contribution in [3.8, 4) is 0 Å². The molecule has 6 atom stereocenters. The molecule has 0 amide bonds. The summed E-state index contributed by atoms with van der Waals surface area (Å²) in [4.78, 5) is 17.9. The first-order valence-electron chi connectivity index (χ1n) is 9.45. The SMILES string of the molecule is [2H]C([2H])([2H])N1CCC[C@H]1c1ccc[n+](O[C@@H]2OC(C(=O)[O-])[C@@H](O)[C@@H](O)C2O)c1. The van der Waals surface area contributed by atoms with Crippen molar-refractivity contribution in [2.75, 3.05) is 13.5 Å². The highest BCUT2D eigenvalue weighted by molar-refractivity contribution is 5.71. The van der Waals surface area contributed by atoms with Gasteiger partial charge in [-0.2, -0.15) is 0 Å². The number of aliphatic carboxylic acids is 1. The Morgan fingerprint density at radius 1 is 1.44 bits per heavy atom. The van der Waals surface area contributed by atoms with E-state index in [2.05, 4.69) is 0 Å². The number of nitrogens with zero attached hydrogens (tertiary/aromatic N) is 2. The molecule has 9 nitrogen and oxygen atoms in total. The van der Waals surface area contributed by atoms with Gasteiger partial charge in [-0.1, -0.05) is 0 Å². The zero-order valence-electron chi connectivity index (χ0n) is 16.3. The largest absolute Gasteiger partial charge is 0.547 e. The number of hydrogen-bond donors (Lipinski definition) is 3. The van der Waals surface area contributed by atoms with E-state index >= 15 is 0 Å². The lowest BCUT2D eigenvalue weighted by atomic mass is 9.99. The number of carboxylic acids is 1. The van der Waals surface area contributed by atoms with Crippen molar-refractivity contribution in [1.29, 1.82) is 0 Å². The summed E-state index contributed by atoms with van der Waals surface area (Å²) >= 11 is 0. The van der Waals surface area contributed by atoms with Crippen LogP contribution in [-0.4, -0.2) is 70.4 Å². The topological polar surface area (TPSA) is 126 Å². The van der Waals surface area contributed by atoms with Crippen molar-refractivity contribution in [3.05, 3.63) is 30.1 Å². The highest BCUT2D eigenvalue weighted by Crippen LogP contribution is 2.29. The van der Waals surface area contributed by atoms with Gasteiger partial charge in [-0.3, -0.25) is 4.90 Å². The van der Waals surface area contributed by atoms with Gasteiger partial charge >= 0.3 is 0 Å². The van der Waals surface area contributed by atoms with Gasteiger partial charge in [0.05, 0.1) is 5.97 Å². The van der Waals surface area contributed by atoms with Gasteiger partial charge in [0.25, 0.3) is 6.29 Å². The lowest BCUT2D eigenvalue weighted by molar-refractivity contribution is -0.909. The maximum atomic E-state index is 11.1. The number of aliphatic hydroxyl groups is 3. The van der Waals surface area contributed by atoms with E-state index < -0.39 is 43.7 Å². The zero-order valence-corrected chi connectivity index (χ0v) is 13.3. The molecule has 0 radical (unpaired) electrons. The molecule has 2 unspecified atom stereocenters. The van der Waals surface area contributed by atoms with Gasteiger partial charge < -0.3 is 30.0 Å². The molecule has 25 heavy (non-hydrogen) atoms. The van der Waals surface area contributed by atoms with Gasteiger partial charge in [-0.25, -0.2) is 4.84 Å². The van der Waals surface area contributed by atoms with Gasteiger partial charge in [-0.05, 0) is 32.4 Å². The second-order valence-electron chi connectivity index (χ2n) is 6.17. The number of aromatic nitrogens is 1. The van der Waals surface area contributed by atoms with Crippen LogP contribution in [0.5, 0.6) is 0 Å². The number of ether oxygens (including phenoxy) is 1. The molecule has 0 saturated carbocycles. The Bertz CT molecular complexity index is 720. The maximum Gasteiger partial charge on any atom is 0.299 e. The molecule has 2 aliphatic rings. The summed E-state index contributed by atoms with van der Waals surface area (Å²) in [5.41, 5.74) is 0.651. The molecule has 0 aromatic carbocycles. The maximum absolute atomic E-state index is 11.1. The number of carboxylic acid groups (broad SMARTS) is 1. The molecule has 138 valence electrons. The summed E-state index contributed by atoms with van der Waals surface area (Å²) in [6, 6.07) is 2.97. The van der Waals surface area contributed by atoms with Gasteiger partial charge in [0.15, 0.2) is 6.10 Å². The Kier molecular flexibility index (Phi) is 4.16. The Morgan fingerprint density at radius 2 is 2.24 bits per heavy atom. The number of aliphatic hydroxyl groups excluding tert-OH is 3. The fourth-order valence-corrected chi connectivity index (χ4v) is 3.10. The molecule has 3 N–H and O–H groups in total. The minimum absolute atomic E-state index is 0.357. The molecule has 2 saturated heterocycles. The van der Waals surface area contributed by atoms with Crippen LogP contribution < -0.4 is 14.7 Å². The van der Waals surface area contributed by atoms with Gasteiger partial charge in [-0.15, -0.1) is 0 Å². The molecule has 1 aromatic heterocycles. The summed E-state index contributed by atoms with van der Waals surface area (Å²) in [6.07, 6.45) is -4.57. The molecule has 3 heterocycles. The van der Waals surface area contributed by atoms with Crippen molar-refractivity contribution in [1.82, 2.24) is 4.90 Å². The average Bonchev–Trinajstić information content (AvgIpc) is 3.12. The first kappa shape index (κ1) is 14.4. The summed E-state index contributed by atoms with van der Waals surface area (Å²) in [6.45, 7) is -1.81. The average molecular weight is 357 g/mol. The third kappa shape index (κ3) is 3.60. The lowest BCUT2D eigenvalue weighted by Gasteiger charge is -2.38.